The van der Waals surface area contributed by atoms with E-state index in [9.17, 15) is 19.5 Å². The van der Waals surface area contributed by atoms with Crippen LogP contribution in [-0.2, 0) is 32.8 Å². The van der Waals surface area contributed by atoms with Crippen LogP contribution in [-0.4, -0.2) is 80.3 Å². The van der Waals surface area contributed by atoms with E-state index in [1.165, 1.54) is 6.07 Å². The molecule has 3 aliphatic heterocycles. The van der Waals surface area contributed by atoms with E-state index in [0.717, 1.165) is 23.6 Å². The Morgan fingerprint density at radius 1 is 1.16 bits per heavy atom. The van der Waals surface area contributed by atoms with Crippen LogP contribution >= 0.6 is 0 Å². The van der Waals surface area contributed by atoms with Gasteiger partial charge >= 0.3 is 0 Å². The maximum absolute atomic E-state index is 15.3. The minimum atomic E-state index is -2.14. The molecule has 3 aliphatic rings. The number of aliphatic hydroxyl groups is 1. The molecule has 192 valence electrons. The Bertz CT molecular complexity index is 1270. The molecule has 0 spiro atoms. The van der Waals surface area contributed by atoms with Gasteiger partial charge in [-0.15, -0.1) is 0 Å². The minimum Gasteiger partial charge on any atom is -0.501 e. The molecule has 9 nitrogen and oxygen atoms in total. The normalized spacial score (nSPS) is 22.6. The van der Waals surface area contributed by atoms with Crippen molar-refractivity contribution >= 4 is 33.4 Å². The predicted molar refractivity (Wildman–Crippen MR) is 136 cm³/mol. The monoisotopic (exact) mass is 507 g/mol. The Labute approximate surface area is 215 Å². The number of nitrogens with one attached hydrogen (secondary N) is 1. The third-order valence-corrected chi connectivity index (χ3v) is 7.25. The van der Waals surface area contributed by atoms with Gasteiger partial charge in [-0.3, -0.25) is 29.5 Å². The molecule has 12 heteroatoms. The lowest BCUT2D eigenvalue weighted by Crippen LogP contribution is -2.63. The molecule has 37 heavy (non-hydrogen) atoms. The molecular weight excluding hydrogens is 479 g/mol. The molecule has 0 aromatic heterocycles. The summed E-state index contributed by atoms with van der Waals surface area (Å²) < 4.78 is 26.9. The van der Waals surface area contributed by atoms with Gasteiger partial charge in [0.2, 0.25) is 11.6 Å². The van der Waals surface area contributed by atoms with E-state index in [-0.39, 0.29) is 30.8 Å². The van der Waals surface area contributed by atoms with Crippen molar-refractivity contribution in [3.05, 3.63) is 64.5 Å². The molecule has 2 aromatic rings. The lowest BCUT2D eigenvalue weighted by atomic mass is 9.61. The number of hydrogen-bond donors (Lipinski definition) is 2. The van der Waals surface area contributed by atoms with Crippen molar-refractivity contribution in [1.29, 1.82) is 0 Å². The van der Waals surface area contributed by atoms with Gasteiger partial charge in [0.1, 0.15) is 11.6 Å². The zero-order chi connectivity index (χ0) is 26.4. The third-order valence-electron chi connectivity index (χ3n) is 7.25. The summed E-state index contributed by atoms with van der Waals surface area (Å²) in [7, 11) is 3.49. The molecule has 0 saturated carbocycles. The largest absolute Gasteiger partial charge is 0.501 e. The molecule has 1 atom stereocenters. The molecule has 0 radical (unpaired) electrons. The number of halogens is 1. The van der Waals surface area contributed by atoms with Crippen LogP contribution < -0.4 is 10.1 Å². The first kappa shape index (κ1) is 25.4. The second-order valence-corrected chi connectivity index (χ2v) is 10.2. The number of hydrogen-bond acceptors (Lipinski definition) is 7. The van der Waals surface area contributed by atoms with Gasteiger partial charge in [0.05, 0.1) is 25.2 Å². The van der Waals surface area contributed by atoms with Crippen LogP contribution in [0.25, 0.3) is 0 Å². The predicted octanol–water partition coefficient (Wildman–Crippen LogP) is -0.806. The molecule has 0 aliphatic carbocycles. The quantitative estimate of drug-likeness (QED) is 0.390. The number of carbonyl (C=O) groups excluding carboxylic acids is 3. The maximum Gasteiger partial charge on any atom is 0.279 e. The van der Waals surface area contributed by atoms with Crippen LogP contribution in [0.5, 0.6) is 5.75 Å². The highest BCUT2D eigenvalue weighted by molar-refractivity contribution is 6.39. The fourth-order valence-corrected chi connectivity index (χ4v) is 5.14. The van der Waals surface area contributed by atoms with Crippen LogP contribution in [0.4, 0.5) is 4.39 Å². The maximum atomic E-state index is 15.3. The van der Waals surface area contributed by atoms with E-state index >= 15 is 4.39 Å². The van der Waals surface area contributed by atoms with E-state index in [0.29, 0.717) is 36.6 Å². The van der Waals surface area contributed by atoms with Gasteiger partial charge in [-0.1, -0.05) is 18.2 Å². The number of nitrogens with zero attached hydrogens (tertiary/aromatic N) is 2. The first-order valence-corrected chi connectivity index (χ1v) is 12.4. The lowest BCUT2D eigenvalue weighted by molar-refractivity contribution is -0.168. The summed E-state index contributed by atoms with van der Waals surface area (Å²) in [5.41, 5.74) is -0.144. The molecule has 3 heterocycles. The second-order valence-electron chi connectivity index (χ2n) is 10.2. The van der Waals surface area contributed by atoms with Gasteiger partial charge in [-0.05, 0) is 23.8 Å². The van der Waals surface area contributed by atoms with E-state index in [4.69, 9.17) is 9.47 Å². The van der Waals surface area contributed by atoms with Crippen molar-refractivity contribution < 1.29 is 33.4 Å². The van der Waals surface area contributed by atoms with Crippen molar-refractivity contribution in [2.45, 2.75) is 37.1 Å². The van der Waals surface area contributed by atoms with Crippen molar-refractivity contribution in [2.75, 3.05) is 26.3 Å². The first-order valence-electron chi connectivity index (χ1n) is 12.4. The second kappa shape index (κ2) is 9.59. The standard InChI is InChI=1S/C25H28B2FN3O6/c26-25(27,18-5-4-15(12-19(18)28)13-30-8-10-36-11-9-30)37-20-3-1-2-16-17(20)14-31(22(16)33)24(35)7-6-21(32)29-23(24)34/h1-5,12,35H,6-11,13-14,26-27H2,(H,29,32,34). The Kier molecular flexibility index (Phi) is 6.59. The molecule has 2 saturated heterocycles. The van der Waals surface area contributed by atoms with E-state index in [2.05, 4.69) is 10.2 Å². The van der Waals surface area contributed by atoms with Crippen LogP contribution in [0, 0.1) is 5.82 Å². The first-order chi connectivity index (χ1) is 17.6. The topological polar surface area (TPSA) is 108 Å². The Morgan fingerprint density at radius 3 is 2.62 bits per heavy atom. The fourth-order valence-electron chi connectivity index (χ4n) is 5.14. The zero-order valence-corrected chi connectivity index (χ0v) is 20.9. The summed E-state index contributed by atoms with van der Waals surface area (Å²) in [6.45, 7) is 3.50. The molecule has 3 amide bonds. The molecule has 0 bridgehead atoms. The van der Waals surface area contributed by atoms with Crippen molar-refractivity contribution in [2.24, 2.45) is 0 Å². The number of ether oxygens (including phenoxy) is 2. The molecule has 2 fully saturated rings. The Morgan fingerprint density at radius 2 is 1.92 bits per heavy atom. The van der Waals surface area contributed by atoms with Gasteiger partial charge in [-0.25, -0.2) is 4.39 Å². The summed E-state index contributed by atoms with van der Waals surface area (Å²) in [6, 6.07) is 10.0. The van der Waals surface area contributed by atoms with E-state index in [1.54, 1.807) is 40.0 Å². The molecular formula is C25H28B2FN3O6. The lowest BCUT2D eigenvalue weighted by Gasteiger charge is -2.37. The Hall–Kier alpha value is -3.21. The number of benzene rings is 2. The Balaban J connectivity index is 1.36. The van der Waals surface area contributed by atoms with Crippen molar-refractivity contribution in [3.8, 4) is 5.75 Å². The highest BCUT2D eigenvalue weighted by Crippen LogP contribution is 2.38. The third kappa shape index (κ3) is 4.76. The summed E-state index contributed by atoms with van der Waals surface area (Å²) in [5.74, 6) is -2.00. The van der Waals surface area contributed by atoms with Crippen LogP contribution in [0.15, 0.2) is 36.4 Å². The average molecular weight is 507 g/mol. The number of rotatable bonds is 6. The highest BCUT2D eigenvalue weighted by atomic mass is 19.1. The number of amides is 3. The number of piperidine rings is 1. The highest BCUT2D eigenvalue weighted by Gasteiger charge is 2.51. The van der Waals surface area contributed by atoms with Gasteiger partial charge < -0.3 is 14.6 Å². The van der Waals surface area contributed by atoms with E-state index < -0.39 is 28.8 Å². The van der Waals surface area contributed by atoms with Crippen LogP contribution in [0.1, 0.15) is 39.9 Å². The summed E-state index contributed by atoms with van der Waals surface area (Å²) >= 11 is 0. The number of morpholine rings is 1. The number of imide groups is 1. The SMILES string of the molecule is BC(B)(Oc1cccc2c1CN(C1(O)CCC(=O)NC1=O)C2=O)c1ccc(CN2CCOCC2)cc1F. The minimum absolute atomic E-state index is 0.0838. The van der Waals surface area contributed by atoms with Gasteiger partial charge in [0, 0.05) is 49.2 Å². The molecule has 2 N–H and O–H groups in total. The molecule has 2 aromatic carbocycles. The summed E-state index contributed by atoms with van der Waals surface area (Å²) in [4.78, 5) is 40.4. The van der Waals surface area contributed by atoms with E-state index in [1.807, 2.05) is 6.07 Å². The molecule has 1 unspecified atom stereocenters. The van der Waals surface area contributed by atoms with Crippen molar-refractivity contribution in [1.82, 2.24) is 15.1 Å². The van der Waals surface area contributed by atoms with Crippen LogP contribution in [0.2, 0.25) is 0 Å². The van der Waals surface area contributed by atoms with Crippen LogP contribution in [0.3, 0.4) is 0 Å². The number of carbonyl (C=O) groups is 3. The number of fused-ring (bicyclic) bond motifs is 1. The van der Waals surface area contributed by atoms with Gasteiger partial charge in [0.25, 0.3) is 11.8 Å². The zero-order valence-electron chi connectivity index (χ0n) is 20.9. The summed E-state index contributed by atoms with van der Waals surface area (Å²) in [5, 5.41) is 12.0. The molecule has 5 rings (SSSR count). The van der Waals surface area contributed by atoms with Crippen molar-refractivity contribution in [3.63, 3.8) is 0 Å². The van der Waals surface area contributed by atoms with Gasteiger partial charge in [0.15, 0.2) is 15.7 Å². The average Bonchev–Trinajstić information content (AvgIpc) is 3.20. The fraction of sp³-hybridized carbons (Fsp3) is 0.400. The van der Waals surface area contributed by atoms with Gasteiger partial charge in [-0.2, -0.15) is 0 Å². The smallest absolute Gasteiger partial charge is 0.279 e. The summed E-state index contributed by atoms with van der Waals surface area (Å²) in [6.07, 6.45) is -0.277.